The molecule has 0 aromatic rings. The summed E-state index contributed by atoms with van der Waals surface area (Å²) in [6.07, 6.45) is 3.54. The first-order chi connectivity index (χ1) is 8.88. The normalized spacial score (nSPS) is 13.5. The van der Waals surface area contributed by atoms with Crippen molar-refractivity contribution in [3.63, 3.8) is 0 Å². The molecule has 19 heavy (non-hydrogen) atoms. The molecule has 0 saturated carbocycles. The van der Waals surface area contributed by atoms with Crippen molar-refractivity contribution in [1.29, 1.82) is 0 Å². The number of rotatable bonds is 10. The zero-order valence-corrected chi connectivity index (χ0v) is 13.0. The highest BCUT2D eigenvalue weighted by Crippen LogP contribution is 2.16. The van der Waals surface area contributed by atoms with Crippen LogP contribution in [0.1, 0.15) is 52.9 Å². The summed E-state index contributed by atoms with van der Waals surface area (Å²) in [7, 11) is -3.34. The van der Waals surface area contributed by atoms with Crippen molar-refractivity contribution in [2.75, 3.05) is 12.4 Å². The average Bonchev–Trinajstić information content (AvgIpc) is 2.35. The van der Waals surface area contributed by atoms with Crippen LogP contribution in [0.25, 0.3) is 0 Å². The number of carbonyl (C=O) groups is 1. The van der Waals surface area contributed by atoms with Crippen molar-refractivity contribution in [3.05, 3.63) is 0 Å². The van der Waals surface area contributed by atoms with E-state index in [-0.39, 0.29) is 12.4 Å². The summed E-state index contributed by atoms with van der Waals surface area (Å²) < 4.78 is 29.3. The number of carbonyl (C=O) groups excluding carboxylic acids is 1. The minimum atomic E-state index is -3.34. The molecule has 0 heterocycles. The molecule has 0 aromatic heterocycles. The molecule has 0 aliphatic heterocycles. The second-order valence-electron chi connectivity index (χ2n) is 4.80. The fourth-order valence-electron chi connectivity index (χ4n) is 1.91. The van der Waals surface area contributed by atoms with Gasteiger partial charge in [0.2, 0.25) is 0 Å². The highest BCUT2D eigenvalue weighted by molar-refractivity contribution is 7.92. The van der Waals surface area contributed by atoms with Gasteiger partial charge in [-0.1, -0.05) is 33.6 Å². The molecule has 2 N–H and O–H groups in total. The lowest BCUT2D eigenvalue weighted by Gasteiger charge is -2.18. The van der Waals surface area contributed by atoms with Crippen molar-refractivity contribution in [3.8, 4) is 0 Å². The molecule has 0 rings (SSSR count). The van der Waals surface area contributed by atoms with Gasteiger partial charge >= 0.3 is 5.97 Å². The van der Waals surface area contributed by atoms with E-state index in [0.717, 1.165) is 12.8 Å². The Labute approximate surface area is 116 Å². The van der Waals surface area contributed by atoms with Crippen molar-refractivity contribution >= 4 is 15.8 Å². The second-order valence-corrected chi connectivity index (χ2v) is 7.13. The molecule has 6 heteroatoms. The molecule has 114 valence electrons. The maximum absolute atomic E-state index is 12.2. The lowest BCUT2D eigenvalue weighted by atomic mass is 10.2. The lowest BCUT2D eigenvalue weighted by molar-refractivity contribution is -0.144. The minimum absolute atomic E-state index is 0.278. The van der Waals surface area contributed by atoms with Crippen LogP contribution in [0.3, 0.4) is 0 Å². The number of sulfone groups is 1. The lowest BCUT2D eigenvalue weighted by Crippen LogP contribution is -2.41. The van der Waals surface area contributed by atoms with Gasteiger partial charge < -0.3 is 10.5 Å². The van der Waals surface area contributed by atoms with Crippen LogP contribution in [-0.4, -0.2) is 38.0 Å². The Morgan fingerprint density at radius 3 is 2.05 bits per heavy atom. The molecule has 0 amide bonds. The van der Waals surface area contributed by atoms with E-state index in [2.05, 4.69) is 0 Å². The molecular formula is C13H27NO4S. The van der Waals surface area contributed by atoms with Gasteiger partial charge in [-0.2, -0.15) is 0 Å². The fraction of sp³-hybridized carbons (Fsp3) is 0.923. The smallest absolute Gasteiger partial charge is 0.323 e. The highest BCUT2D eigenvalue weighted by Gasteiger charge is 2.29. The van der Waals surface area contributed by atoms with E-state index in [1.165, 1.54) is 0 Å². The molecule has 0 spiro atoms. The van der Waals surface area contributed by atoms with Crippen LogP contribution in [0.15, 0.2) is 0 Å². The molecule has 0 unspecified atom stereocenters. The van der Waals surface area contributed by atoms with Crippen LogP contribution in [0.4, 0.5) is 0 Å². The topological polar surface area (TPSA) is 86.5 Å². The molecule has 5 nitrogen and oxygen atoms in total. The Morgan fingerprint density at radius 1 is 1.11 bits per heavy atom. The molecule has 0 aromatic carbocycles. The summed E-state index contributed by atoms with van der Waals surface area (Å²) >= 11 is 0. The van der Waals surface area contributed by atoms with Crippen molar-refractivity contribution in [2.24, 2.45) is 5.73 Å². The number of hydrogen-bond donors (Lipinski definition) is 1. The van der Waals surface area contributed by atoms with Gasteiger partial charge in [0, 0.05) is 0 Å². The molecule has 0 saturated heterocycles. The first kappa shape index (κ1) is 18.4. The Balaban J connectivity index is 4.59. The average molecular weight is 293 g/mol. The van der Waals surface area contributed by atoms with Crippen LogP contribution in [-0.2, 0) is 19.4 Å². The van der Waals surface area contributed by atoms with E-state index < -0.39 is 27.1 Å². The number of hydrogen-bond acceptors (Lipinski definition) is 5. The fourth-order valence-corrected chi connectivity index (χ4v) is 4.01. The number of esters is 1. The van der Waals surface area contributed by atoms with E-state index in [1.54, 1.807) is 0 Å². The van der Waals surface area contributed by atoms with E-state index in [1.807, 2.05) is 20.8 Å². The third-order valence-electron chi connectivity index (χ3n) is 2.89. The van der Waals surface area contributed by atoms with Gasteiger partial charge in [0.25, 0.3) is 0 Å². The predicted octanol–water partition coefficient (Wildman–Crippen LogP) is 1.65. The Kier molecular flexibility index (Phi) is 9.01. The second kappa shape index (κ2) is 9.31. The summed E-state index contributed by atoms with van der Waals surface area (Å²) in [5.74, 6) is -0.947. The van der Waals surface area contributed by atoms with Gasteiger partial charge in [0.1, 0.15) is 6.04 Å². The summed E-state index contributed by atoms with van der Waals surface area (Å²) in [6, 6.07) is -1.08. The molecule has 0 fully saturated rings. The SMILES string of the molecule is CCCOC(=O)[C@H](N)CS(=O)(=O)C(CCC)CCC. The standard InChI is InChI=1S/C13H27NO4S/c1-4-7-11(8-5-2)19(16,17)10-12(14)13(15)18-9-6-3/h11-12H,4-10,14H2,1-3H3/t12-/m1/s1. The van der Waals surface area contributed by atoms with Crippen molar-refractivity contribution < 1.29 is 17.9 Å². The monoisotopic (exact) mass is 293 g/mol. The van der Waals surface area contributed by atoms with Crippen LogP contribution in [0, 0.1) is 0 Å². The third-order valence-corrected chi connectivity index (χ3v) is 5.20. The van der Waals surface area contributed by atoms with Gasteiger partial charge in [-0.15, -0.1) is 0 Å². The van der Waals surface area contributed by atoms with Gasteiger partial charge in [0.05, 0.1) is 17.6 Å². The van der Waals surface area contributed by atoms with E-state index in [0.29, 0.717) is 19.3 Å². The largest absolute Gasteiger partial charge is 0.465 e. The Morgan fingerprint density at radius 2 is 1.63 bits per heavy atom. The predicted molar refractivity (Wildman–Crippen MR) is 76.6 cm³/mol. The van der Waals surface area contributed by atoms with E-state index in [9.17, 15) is 13.2 Å². The molecular weight excluding hydrogens is 266 g/mol. The van der Waals surface area contributed by atoms with Gasteiger partial charge in [0.15, 0.2) is 9.84 Å². The van der Waals surface area contributed by atoms with Crippen molar-refractivity contribution in [1.82, 2.24) is 0 Å². The van der Waals surface area contributed by atoms with Crippen LogP contribution >= 0.6 is 0 Å². The number of nitrogens with two attached hydrogens (primary N) is 1. The van der Waals surface area contributed by atoms with Crippen molar-refractivity contribution in [2.45, 2.75) is 64.2 Å². The minimum Gasteiger partial charge on any atom is -0.465 e. The zero-order chi connectivity index (χ0) is 14.9. The first-order valence-corrected chi connectivity index (χ1v) is 8.74. The zero-order valence-electron chi connectivity index (χ0n) is 12.2. The summed E-state index contributed by atoms with van der Waals surface area (Å²) in [5, 5.41) is -0.396. The molecule has 0 aliphatic rings. The Bertz CT molecular complexity index is 348. The summed E-state index contributed by atoms with van der Waals surface area (Å²) in [5.41, 5.74) is 5.62. The molecule has 0 bridgehead atoms. The van der Waals surface area contributed by atoms with Crippen LogP contribution in [0.2, 0.25) is 0 Å². The number of ether oxygens (including phenoxy) is 1. The van der Waals surface area contributed by atoms with Gasteiger partial charge in [-0.05, 0) is 19.3 Å². The summed E-state index contributed by atoms with van der Waals surface area (Å²) in [4.78, 5) is 11.5. The highest BCUT2D eigenvalue weighted by atomic mass is 32.2. The Hall–Kier alpha value is -0.620. The van der Waals surface area contributed by atoms with E-state index in [4.69, 9.17) is 10.5 Å². The van der Waals surface area contributed by atoms with Gasteiger partial charge in [-0.25, -0.2) is 8.42 Å². The summed E-state index contributed by atoms with van der Waals surface area (Å²) in [6.45, 7) is 6.05. The molecule has 1 atom stereocenters. The maximum Gasteiger partial charge on any atom is 0.323 e. The third kappa shape index (κ3) is 6.92. The van der Waals surface area contributed by atoms with Crippen LogP contribution < -0.4 is 5.73 Å². The van der Waals surface area contributed by atoms with Crippen LogP contribution in [0.5, 0.6) is 0 Å². The molecule has 0 radical (unpaired) electrons. The quantitative estimate of drug-likeness (QED) is 0.619. The maximum atomic E-state index is 12.2. The van der Waals surface area contributed by atoms with Gasteiger partial charge in [-0.3, -0.25) is 4.79 Å². The van der Waals surface area contributed by atoms with E-state index >= 15 is 0 Å². The molecule has 0 aliphatic carbocycles. The first-order valence-electron chi connectivity index (χ1n) is 7.02.